The summed E-state index contributed by atoms with van der Waals surface area (Å²) in [4.78, 5) is 0. The van der Waals surface area contributed by atoms with Crippen molar-refractivity contribution in [2.24, 2.45) is 0 Å². The van der Waals surface area contributed by atoms with Crippen LogP contribution in [0.5, 0.6) is 0 Å². The van der Waals surface area contributed by atoms with Crippen molar-refractivity contribution < 1.29 is 13.7 Å². The Morgan fingerprint density at radius 1 is 0.533 bits per heavy atom. The standard InChI is InChI=1S/C9H15B3O3/c1-2-7(1)10-13-11(8-3-4-8)15-12(14-10)9-5-6-9/h7-9H,1-6H2. The van der Waals surface area contributed by atoms with E-state index in [1.807, 2.05) is 0 Å². The van der Waals surface area contributed by atoms with Gasteiger partial charge >= 0.3 is 21.4 Å². The molecule has 4 aliphatic rings. The molecule has 0 bridgehead atoms. The van der Waals surface area contributed by atoms with E-state index < -0.39 is 0 Å². The highest BCUT2D eigenvalue weighted by Gasteiger charge is 2.55. The average Bonchev–Trinajstić information content (AvgIpc) is 3.20. The molecule has 78 valence electrons. The molecule has 6 heteroatoms. The van der Waals surface area contributed by atoms with Crippen molar-refractivity contribution in [3.05, 3.63) is 0 Å². The van der Waals surface area contributed by atoms with Crippen molar-refractivity contribution in [1.29, 1.82) is 0 Å². The summed E-state index contributed by atoms with van der Waals surface area (Å²) in [6, 6.07) is 0. The van der Waals surface area contributed by atoms with Crippen LogP contribution >= 0.6 is 0 Å². The predicted octanol–water partition coefficient (Wildman–Crippen LogP) is 2.01. The van der Waals surface area contributed by atoms with Crippen LogP contribution in [0.2, 0.25) is 17.5 Å². The molecule has 1 saturated heterocycles. The number of rotatable bonds is 3. The maximum absolute atomic E-state index is 5.90. The zero-order chi connectivity index (χ0) is 9.83. The lowest BCUT2D eigenvalue weighted by Crippen LogP contribution is -2.49. The lowest BCUT2D eigenvalue weighted by molar-refractivity contribution is 0.275. The molecule has 0 aromatic carbocycles. The molecule has 0 N–H and O–H groups in total. The van der Waals surface area contributed by atoms with Crippen molar-refractivity contribution >= 4 is 21.4 Å². The fraction of sp³-hybridized carbons (Fsp3) is 1.00. The van der Waals surface area contributed by atoms with Gasteiger partial charge in [-0.3, -0.25) is 0 Å². The molecule has 3 aliphatic carbocycles. The summed E-state index contributed by atoms with van der Waals surface area (Å²) >= 11 is 0. The van der Waals surface area contributed by atoms with Crippen LogP contribution in [0, 0.1) is 0 Å². The second-order valence-corrected chi connectivity index (χ2v) is 5.53. The molecular weight excluding hydrogens is 189 g/mol. The predicted molar refractivity (Wildman–Crippen MR) is 59.5 cm³/mol. The van der Waals surface area contributed by atoms with Gasteiger partial charge in [0.1, 0.15) is 0 Å². The Balaban J connectivity index is 1.46. The molecule has 4 fully saturated rings. The third kappa shape index (κ3) is 1.88. The van der Waals surface area contributed by atoms with Crippen molar-refractivity contribution in [1.82, 2.24) is 0 Å². The van der Waals surface area contributed by atoms with Crippen LogP contribution in [0.1, 0.15) is 38.5 Å². The van der Waals surface area contributed by atoms with Gasteiger partial charge in [-0.2, -0.15) is 0 Å². The zero-order valence-electron chi connectivity index (χ0n) is 8.93. The summed E-state index contributed by atoms with van der Waals surface area (Å²) in [6.07, 6.45) is 7.66. The highest BCUT2D eigenvalue weighted by Crippen LogP contribution is 2.49. The van der Waals surface area contributed by atoms with Gasteiger partial charge in [-0.15, -0.1) is 0 Å². The molecule has 3 nitrogen and oxygen atoms in total. The molecule has 1 aliphatic heterocycles. The van der Waals surface area contributed by atoms with E-state index in [4.69, 9.17) is 13.7 Å². The maximum atomic E-state index is 5.90. The Kier molecular flexibility index (Phi) is 2.00. The minimum absolute atomic E-state index is 0.0509. The van der Waals surface area contributed by atoms with Gasteiger partial charge in [-0.05, 0) is 17.5 Å². The van der Waals surface area contributed by atoms with Crippen molar-refractivity contribution in [3.8, 4) is 0 Å². The van der Waals surface area contributed by atoms with Crippen molar-refractivity contribution in [2.45, 2.75) is 56.0 Å². The first kappa shape index (κ1) is 9.14. The van der Waals surface area contributed by atoms with Gasteiger partial charge in [0, 0.05) is 0 Å². The summed E-state index contributed by atoms with van der Waals surface area (Å²) in [7, 11) is 0.153. The average molecular weight is 204 g/mol. The first-order valence-electron chi connectivity index (χ1n) is 6.36. The third-order valence-corrected chi connectivity index (χ3v) is 3.83. The zero-order valence-corrected chi connectivity index (χ0v) is 8.93. The Labute approximate surface area is 91.7 Å². The van der Waals surface area contributed by atoms with Gasteiger partial charge in [-0.1, -0.05) is 38.5 Å². The summed E-state index contributed by atoms with van der Waals surface area (Å²) in [5.74, 6) is 1.99. The van der Waals surface area contributed by atoms with Gasteiger partial charge in [0.25, 0.3) is 0 Å². The highest BCUT2D eigenvalue weighted by atomic mass is 16.7. The molecule has 0 spiro atoms. The van der Waals surface area contributed by atoms with Crippen LogP contribution < -0.4 is 0 Å². The Morgan fingerprint density at radius 3 is 1.00 bits per heavy atom. The molecule has 0 aromatic heterocycles. The fourth-order valence-electron chi connectivity index (χ4n) is 2.26. The second-order valence-electron chi connectivity index (χ2n) is 5.53. The molecule has 0 radical (unpaired) electrons. The minimum atomic E-state index is 0.0509. The summed E-state index contributed by atoms with van der Waals surface area (Å²) in [5, 5.41) is 0. The normalized spacial score (nSPS) is 32.4. The third-order valence-electron chi connectivity index (χ3n) is 3.83. The van der Waals surface area contributed by atoms with Crippen LogP contribution in [-0.2, 0) is 13.7 Å². The quantitative estimate of drug-likeness (QED) is 0.657. The Bertz CT molecular complexity index is 217. The van der Waals surface area contributed by atoms with E-state index in [1.165, 1.54) is 38.5 Å². The fourth-order valence-corrected chi connectivity index (χ4v) is 2.26. The monoisotopic (exact) mass is 204 g/mol. The maximum Gasteiger partial charge on any atom is 0.432 e. The molecule has 0 aromatic rings. The lowest BCUT2D eigenvalue weighted by Gasteiger charge is -2.31. The van der Waals surface area contributed by atoms with E-state index in [-0.39, 0.29) is 21.4 Å². The number of hydrogen-bond donors (Lipinski definition) is 0. The van der Waals surface area contributed by atoms with Gasteiger partial charge in [0.15, 0.2) is 0 Å². The molecule has 15 heavy (non-hydrogen) atoms. The molecular formula is C9H15B3O3. The SMILES string of the molecule is C1CC1B1OB(C2CC2)OB(C2CC2)O1. The lowest BCUT2D eigenvalue weighted by atomic mass is 9.63. The summed E-state index contributed by atoms with van der Waals surface area (Å²) < 4.78 is 17.7. The van der Waals surface area contributed by atoms with E-state index in [9.17, 15) is 0 Å². The van der Waals surface area contributed by atoms with Gasteiger partial charge in [0.05, 0.1) is 0 Å². The topological polar surface area (TPSA) is 27.7 Å². The molecule has 0 unspecified atom stereocenters. The van der Waals surface area contributed by atoms with Crippen LogP contribution in [0.3, 0.4) is 0 Å². The molecule has 0 amide bonds. The van der Waals surface area contributed by atoms with E-state index >= 15 is 0 Å². The second kappa shape index (κ2) is 3.28. The minimum Gasteiger partial charge on any atom is -0.452 e. The molecule has 3 saturated carbocycles. The largest absolute Gasteiger partial charge is 0.452 e. The molecule has 4 rings (SSSR count). The summed E-state index contributed by atoms with van der Waals surface area (Å²) in [6.45, 7) is 0. The van der Waals surface area contributed by atoms with Crippen LogP contribution in [0.15, 0.2) is 0 Å². The van der Waals surface area contributed by atoms with Crippen LogP contribution in [0.25, 0.3) is 0 Å². The Hall–Kier alpha value is 0.0748. The van der Waals surface area contributed by atoms with Gasteiger partial charge in [-0.25, -0.2) is 0 Å². The van der Waals surface area contributed by atoms with E-state index in [1.54, 1.807) is 0 Å². The number of hydrogen-bond acceptors (Lipinski definition) is 3. The van der Waals surface area contributed by atoms with E-state index in [0.717, 1.165) is 0 Å². The van der Waals surface area contributed by atoms with Crippen molar-refractivity contribution in [2.75, 3.05) is 0 Å². The van der Waals surface area contributed by atoms with Crippen molar-refractivity contribution in [3.63, 3.8) is 0 Å². The molecule has 0 atom stereocenters. The van der Waals surface area contributed by atoms with E-state index in [0.29, 0.717) is 17.5 Å². The first-order chi connectivity index (χ1) is 7.40. The summed E-state index contributed by atoms with van der Waals surface area (Å²) in [5.41, 5.74) is 0. The van der Waals surface area contributed by atoms with Crippen LogP contribution in [-0.4, -0.2) is 21.4 Å². The van der Waals surface area contributed by atoms with Gasteiger partial charge in [0.2, 0.25) is 0 Å². The highest BCUT2D eigenvalue weighted by molar-refractivity contribution is 6.76. The van der Waals surface area contributed by atoms with E-state index in [2.05, 4.69) is 0 Å². The Morgan fingerprint density at radius 2 is 0.800 bits per heavy atom. The molecule has 1 heterocycles. The first-order valence-corrected chi connectivity index (χ1v) is 6.36. The smallest absolute Gasteiger partial charge is 0.432 e. The van der Waals surface area contributed by atoms with Gasteiger partial charge < -0.3 is 13.7 Å². The van der Waals surface area contributed by atoms with Crippen LogP contribution in [0.4, 0.5) is 0 Å².